The highest BCUT2D eigenvalue weighted by Gasteiger charge is 2.11. The lowest BCUT2D eigenvalue weighted by Crippen LogP contribution is -2.27. The highest BCUT2D eigenvalue weighted by molar-refractivity contribution is 7.80. The summed E-state index contributed by atoms with van der Waals surface area (Å²) in [7, 11) is -1.73. The van der Waals surface area contributed by atoms with Crippen LogP contribution >= 0.6 is 24.4 Å². The molecule has 0 fully saturated rings. The Bertz CT molecular complexity index is 245. The van der Waals surface area contributed by atoms with Gasteiger partial charge in [0.2, 0.25) is 0 Å². The van der Waals surface area contributed by atoms with E-state index in [0.717, 1.165) is 12.8 Å². The molecule has 0 spiro atoms. The van der Waals surface area contributed by atoms with Crippen LogP contribution in [0.2, 0.25) is 0 Å². The molecule has 0 aromatic carbocycles. The van der Waals surface area contributed by atoms with Gasteiger partial charge in [-0.15, -0.1) is 0 Å². The summed E-state index contributed by atoms with van der Waals surface area (Å²) in [6.07, 6.45) is 2.14. The molecule has 0 saturated carbocycles. The van der Waals surface area contributed by atoms with Gasteiger partial charge in [0.25, 0.3) is 10.3 Å². The Balaban J connectivity index is -0.000000269. The molecule has 0 aliphatic carbocycles. The molecule has 0 aliphatic rings. The minimum atomic E-state index is -1.73. The molecular formula is C12H30N2O5S2Si. The first-order valence-electron chi connectivity index (χ1n) is 7.10. The third-order valence-corrected chi connectivity index (χ3v) is 3.58. The van der Waals surface area contributed by atoms with Crippen molar-refractivity contribution in [2.45, 2.75) is 40.5 Å². The van der Waals surface area contributed by atoms with Crippen LogP contribution in [0.4, 0.5) is 0 Å². The highest BCUT2D eigenvalue weighted by atomic mass is 32.1. The number of hydrogen-bond donors (Lipinski definition) is 3. The predicted molar refractivity (Wildman–Crippen MR) is 99.1 cm³/mol. The molecule has 0 radical (unpaired) electrons. The van der Waals surface area contributed by atoms with Crippen LogP contribution in [-0.2, 0) is 18.0 Å². The van der Waals surface area contributed by atoms with E-state index in [9.17, 15) is 0 Å². The van der Waals surface area contributed by atoms with Gasteiger partial charge in [0.15, 0.2) is 0 Å². The first-order valence-corrected chi connectivity index (χ1v) is 9.33. The molecule has 5 N–H and O–H groups in total. The van der Waals surface area contributed by atoms with E-state index >= 15 is 0 Å². The number of hydrogen-bond acceptors (Lipinski definition) is 6. The van der Waals surface area contributed by atoms with Crippen molar-refractivity contribution in [3.05, 3.63) is 0 Å². The van der Waals surface area contributed by atoms with Gasteiger partial charge in [-0.3, -0.25) is 0 Å². The predicted octanol–water partition coefficient (Wildman–Crippen LogP) is 1.65. The molecule has 0 aliphatic heterocycles. The molecule has 0 saturated heterocycles. The quantitative estimate of drug-likeness (QED) is 0.315. The maximum absolute atomic E-state index is 7.56. The van der Waals surface area contributed by atoms with Gasteiger partial charge in [-0.25, -0.2) is 0 Å². The molecule has 7 nitrogen and oxygen atoms in total. The monoisotopic (exact) mass is 374 g/mol. The summed E-state index contributed by atoms with van der Waals surface area (Å²) in [6, 6.07) is 0. The van der Waals surface area contributed by atoms with Crippen LogP contribution < -0.4 is 11.5 Å². The molecule has 134 valence electrons. The average molecular weight is 375 g/mol. The standard InChI is InChI=1S/C6H16O3Si.C5H11NOS.CH3NOS/c1-4-7-10(8-5-2)9-6-3;1-2-3-4-7-5(6)8;2-1(3)4/h10H,4-6H2,1-3H3;2-4H2,1H3,(H2,6,8);(H3,2,3,4). The number of rotatable bonds is 9. The zero-order chi connectivity index (χ0) is 17.8. The topological polar surface area (TPSA) is 109 Å². The Kier molecular flexibility index (Phi) is 27.3. The van der Waals surface area contributed by atoms with Crippen LogP contribution in [0.3, 0.4) is 0 Å². The molecule has 22 heavy (non-hydrogen) atoms. The van der Waals surface area contributed by atoms with Crippen molar-refractivity contribution >= 4 is 44.3 Å². The minimum absolute atomic E-state index is 0.151. The maximum Gasteiger partial charge on any atom is 0.484 e. The van der Waals surface area contributed by atoms with E-state index in [1.54, 1.807) is 0 Å². The molecule has 0 atom stereocenters. The van der Waals surface area contributed by atoms with E-state index < -0.39 is 14.7 Å². The summed E-state index contributed by atoms with van der Waals surface area (Å²) >= 11 is 8.33. The molecule has 0 aromatic rings. The van der Waals surface area contributed by atoms with Gasteiger partial charge in [-0.05, 0) is 51.6 Å². The van der Waals surface area contributed by atoms with Gasteiger partial charge >= 0.3 is 9.53 Å². The summed E-state index contributed by atoms with van der Waals surface area (Å²) in [4.78, 5) is 0. The van der Waals surface area contributed by atoms with E-state index in [0.29, 0.717) is 26.4 Å². The number of ether oxygens (including phenoxy) is 1. The molecule has 0 aromatic heterocycles. The fourth-order valence-electron chi connectivity index (χ4n) is 0.870. The molecule has 0 heterocycles. The Labute approximate surface area is 146 Å². The van der Waals surface area contributed by atoms with E-state index in [1.807, 2.05) is 20.8 Å². The van der Waals surface area contributed by atoms with Crippen molar-refractivity contribution in [2.24, 2.45) is 11.5 Å². The Morgan fingerprint density at radius 2 is 1.32 bits per heavy atom. The second kappa shape index (κ2) is 22.8. The van der Waals surface area contributed by atoms with Crippen molar-refractivity contribution in [1.82, 2.24) is 0 Å². The minimum Gasteiger partial charge on any atom is -0.487 e. The third kappa shape index (κ3) is 36.6. The highest BCUT2D eigenvalue weighted by Crippen LogP contribution is 1.91. The molecule has 0 bridgehead atoms. The lowest BCUT2D eigenvalue weighted by molar-refractivity contribution is 0.107. The van der Waals surface area contributed by atoms with Crippen LogP contribution in [0.5, 0.6) is 0 Å². The molecular weight excluding hydrogens is 344 g/mol. The summed E-state index contributed by atoms with van der Waals surface area (Å²) in [5, 5.41) is 7.22. The van der Waals surface area contributed by atoms with Crippen LogP contribution in [0.1, 0.15) is 40.5 Å². The van der Waals surface area contributed by atoms with E-state index in [-0.39, 0.29) is 5.17 Å². The first-order chi connectivity index (χ1) is 10.3. The Morgan fingerprint density at radius 1 is 0.955 bits per heavy atom. The number of unbranched alkanes of at least 4 members (excludes halogenated alkanes) is 1. The molecule has 0 unspecified atom stereocenters. The normalized spacial score (nSPS) is 9.14. The second-order valence-electron chi connectivity index (χ2n) is 3.51. The summed E-state index contributed by atoms with van der Waals surface area (Å²) in [6.45, 7) is 10.6. The second-order valence-corrected chi connectivity index (χ2v) is 5.91. The molecule has 0 rings (SSSR count). The number of aliphatic hydroxyl groups is 1. The Morgan fingerprint density at radius 3 is 1.55 bits per heavy atom. The first kappa shape index (κ1) is 26.4. The van der Waals surface area contributed by atoms with Crippen molar-refractivity contribution < 1.29 is 23.1 Å². The van der Waals surface area contributed by atoms with Crippen LogP contribution in [0, 0.1) is 0 Å². The summed E-state index contributed by atoms with van der Waals surface area (Å²) < 4.78 is 20.4. The van der Waals surface area contributed by atoms with Gasteiger partial charge in [0, 0.05) is 19.8 Å². The van der Waals surface area contributed by atoms with E-state index in [2.05, 4.69) is 37.1 Å². The van der Waals surface area contributed by atoms with Crippen molar-refractivity contribution in [1.29, 1.82) is 0 Å². The summed E-state index contributed by atoms with van der Waals surface area (Å²) in [5.41, 5.74) is 9.44. The average Bonchev–Trinajstić information content (AvgIpc) is 2.40. The van der Waals surface area contributed by atoms with Gasteiger partial charge in [-0.2, -0.15) is 0 Å². The number of aliphatic hydroxyl groups excluding tert-OH is 1. The lowest BCUT2D eigenvalue weighted by Gasteiger charge is -2.12. The third-order valence-electron chi connectivity index (χ3n) is 1.65. The number of thiocarbonyl (C=S) groups is 2. The van der Waals surface area contributed by atoms with Crippen LogP contribution in [0.15, 0.2) is 0 Å². The van der Waals surface area contributed by atoms with Gasteiger partial charge in [0.05, 0.1) is 6.61 Å². The largest absolute Gasteiger partial charge is 0.487 e. The zero-order valence-corrected chi connectivity index (χ0v) is 16.7. The fourth-order valence-corrected chi connectivity index (χ4v) is 2.06. The van der Waals surface area contributed by atoms with Gasteiger partial charge in [0.1, 0.15) is 0 Å². The summed E-state index contributed by atoms with van der Waals surface area (Å²) in [5.74, 6) is 0. The Hall–Kier alpha value is -0.523. The fraction of sp³-hybridized carbons (Fsp3) is 0.833. The van der Waals surface area contributed by atoms with E-state index in [1.165, 1.54) is 0 Å². The van der Waals surface area contributed by atoms with Crippen LogP contribution in [0.25, 0.3) is 0 Å². The number of nitrogens with two attached hydrogens (primary N) is 2. The van der Waals surface area contributed by atoms with Crippen molar-refractivity contribution in [2.75, 3.05) is 26.4 Å². The van der Waals surface area contributed by atoms with Crippen molar-refractivity contribution in [3.8, 4) is 0 Å². The van der Waals surface area contributed by atoms with Crippen LogP contribution in [-0.4, -0.2) is 51.4 Å². The molecule has 10 heteroatoms. The SMILES string of the molecule is CCCCOC(N)=S.CCO[SiH](OCC)OCC.NC(O)=S. The maximum atomic E-state index is 7.56. The van der Waals surface area contributed by atoms with Gasteiger partial charge in [-0.1, -0.05) is 13.3 Å². The zero-order valence-electron chi connectivity index (χ0n) is 13.9. The smallest absolute Gasteiger partial charge is 0.484 e. The van der Waals surface area contributed by atoms with E-state index in [4.69, 9.17) is 28.9 Å². The lowest BCUT2D eigenvalue weighted by atomic mass is 10.4. The molecule has 0 amide bonds. The van der Waals surface area contributed by atoms with Gasteiger partial charge < -0.3 is 34.6 Å². The van der Waals surface area contributed by atoms with Crippen molar-refractivity contribution in [3.63, 3.8) is 0 Å².